The van der Waals surface area contributed by atoms with Crippen LogP contribution in [0.1, 0.15) is 47.8 Å². The van der Waals surface area contributed by atoms with Crippen LogP contribution >= 0.6 is 0 Å². The third kappa shape index (κ3) is 4.33. The average molecular weight is 335 g/mol. The number of H-pyrrole nitrogens is 1. The van der Waals surface area contributed by atoms with Crippen molar-refractivity contribution in [2.45, 2.75) is 37.7 Å². The molecule has 2 atom stereocenters. The number of hydrogen-bond donors (Lipinski definition) is 3. The highest BCUT2D eigenvalue weighted by atomic mass is 16.5. The predicted molar refractivity (Wildman–Crippen MR) is 87.5 cm³/mol. The Labute approximate surface area is 141 Å². The first-order valence-electron chi connectivity index (χ1n) is 8.57. The predicted octanol–water partition coefficient (Wildman–Crippen LogP) is -0.0168. The van der Waals surface area contributed by atoms with Crippen molar-refractivity contribution < 1.29 is 14.3 Å². The number of nitrogens with zero attached hydrogens (tertiary/aromatic N) is 2. The maximum Gasteiger partial charge on any atom is 0.269 e. The van der Waals surface area contributed by atoms with Gasteiger partial charge in [0.15, 0.2) is 0 Å². The van der Waals surface area contributed by atoms with Gasteiger partial charge >= 0.3 is 0 Å². The van der Waals surface area contributed by atoms with E-state index in [4.69, 9.17) is 10.5 Å². The number of nitrogens with two attached hydrogens (primary N) is 1. The van der Waals surface area contributed by atoms with E-state index in [9.17, 15) is 9.59 Å². The van der Waals surface area contributed by atoms with E-state index in [1.165, 1.54) is 0 Å². The molecule has 2 aliphatic rings. The summed E-state index contributed by atoms with van der Waals surface area (Å²) in [5.41, 5.74) is 6.41. The first kappa shape index (κ1) is 16.9. The summed E-state index contributed by atoms with van der Waals surface area (Å²) in [5, 5.41) is 9.80. The van der Waals surface area contributed by atoms with Gasteiger partial charge in [-0.1, -0.05) is 0 Å². The maximum atomic E-state index is 12.1. The molecule has 132 valence electrons. The van der Waals surface area contributed by atoms with Gasteiger partial charge < -0.3 is 15.8 Å². The lowest BCUT2D eigenvalue weighted by Crippen LogP contribution is -2.43. The SMILES string of the molecule is NC(=O)c1cc(C2CCCN(CC(=O)NCC3CCCO3)C2)[nH]n1. The van der Waals surface area contributed by atoms with Gasteiger partial charge in [0.2, 0.25) is 5.91 Å². The van der Waals surface area contributed by atoms with Crippen LogP contribution in [0.5, 0.6) is 0 Å². The molecule has 2 amide bonds. The molecular formula is C16H25N5O3. The van der Waals surface area contributed by atoms with Crippen molar-refractivity contribution >= 4 is 11.8 Å². The fourth-order valence-corrected chi connectivity index (χ4v) is 3.42. The normalized spacial score (nSPS) is 24.8. The lowest BCUT2D eigenvalue weighted by Gasteiger charge is -2.31. The van der Waals surface area contributed by atoms with E-state index in [-0.39, 0.29) is 23.6 Å². The zero-order valence-electron chi connectivity index (χ0n) is 13.8. The molecule has 0 bridgehead atoms. The second kappa shape index (κ2) is 7.76. The van der Waals surface area contributed by atoms with Crippen molar-refractivity contribution in [3.05, 3.63) is 17.5 Å². The minimum Gasteiger partial charge on any atom is -0.376 e. The molecule has 0 saturated carbocycles. The summed E-state index contributed by atoms with van der Waals surface area (Å²) < 4.78 is 5.51. The first-order chi connectivity index (χ1) is 11.6. The maximum absolute atomic E-state index is 12.1. The van der Waals surface area contributed by atoms with Gasteiger partial charge in [0.25, 0.3) is 5.91 Å². The number of hydrogen-bond acceptors (Lipinski definition) is 5. The van der Waals surface area contributed by atoms with Gasteiger partial charge in [0, 0.05) is 31.3 Å². The molecule has 3 heterocycles. The van der Waals surface area contributed by atoms with Crippen molar-refractivity contribution in [3.63, 3.8) is 0 Å². The Morgan fingerprint density at radius 1 is 1.42 bits per heavy atom. The molecule has 0 aromatic carbocycles. The molecule has 1 aromatic rings. The summed E-state index contributed by atoms with van der Waals surface area (Å²) in [6.07, 6.45) is 4.28. The topological polar surface area (TPSA) is 113 Å². The van der Waals surface area contributed by atoms with Gasteiger partial charge in [0.05, 0.1) is 12.6 Å². The van der Waals surface area contributed by atoms with E-state index in [1.807, 2.05) is 0 Å². The highest BCUT2D eigenvalue weighted by Crippen LogP contribution is 2.25. The number of amides is 2. The monoisotopic (exact) mass is 335 g/mol. The number of rotatable bonds is 6. The molecule has 2 saturated heterocycles. The highest BCUT2D eigenvalue weighted by Gasteiger charge is 2.25. The molecule has 2 fully saturated rings. The van der Waals surface area contributed by atoms with E-state index in [1.54, 1.807) is 6.07 Å². The zero-order chi connectivity index (χ0) is 16.9. The molecule has 2 aliphatic heterocycles. The van der Waals surface area contributed by atoms with Gasteiger partial charge in [-0.25, -0.2) is 0 Å². The molecule has 1 aromatic heterocycles. The molecule has 0 spiro atoms. The fourth-order valence-electron chi connectivity index (χ4n) is 3.42. The number of aromatic nitrogens is 2. The molecule has 2 unspecified atom stereocenters. The Morgan fingerprint density at radius 2 is 2.29 bits per heavy atom. The zero-order valence-corrected chi connectivity index (χ0v) is 13.8. The summed E-state index contributed by atoms with van der Waals surface area (Å²) in [4.78, 5) is 25.4. The second-order valence-electron chi connectivity index (χ2n) is 6.59. The van der Waals surface area contributed by atoms with E-state index in [0.29, 0.717) is 13.1 Å². The second-order valence-corrected chi connectivity index (χ2v) is 6.59. The van der Waals surface area contributed by atoms with Crippen LogP contribution in [0.15, 0.2) is 6.07 Å². The van der Waals surface area contributed by atoms with Crippen LogP contribution in [0.2, 0.25) is 0 Å². The number of primary amides is 1. The molecular weight excluding hydrogens is 310 g/mol. The standard InChI is InChI=1S/C16H25N5O3/c17-16(23)14-7-13(19-20-14)11-3-1-5-21(9-11)10-15(22)18-8-12-4-2-6-24-12/h7,11-12H,1-6,8-10H2,(H2,17,23)(H,18,22)(H,19,20). The number of carbonyl (C=O) groups is 2. The fraction of sp³-hybridized carbons (Fsp3) is 0.688. The molecule has 8 heteroatoms. The third-order valence-electron chi connectivity index (χ3n) is 4.71. The quantitative estimate of drug-likeness (QED) is 0.676. The van der Waals surface area contributed by atoms with Crippen molar-refractivity contribution in [1.29, 1.82) is 0 Å². The Morgan fingerprint density at radius 3 is 3.00 bits per heavy atom. The lowest BCUT2D eigenvalue weighted by atomic mass is 9.94. The first-order valence-corrected chi connectivity index (χ1v) is 8.57. The van der Waals surface area contributed by atoms with Crippen molar-refractivity contribution in [3.8, 4) is 0 Å². The van der Waals surface area contributed by atoms with Gasteiger partial charge in [0.1, 0.15) is 5.69 Å². The summed E-state index contributed by atoms with van der Waals surface area (Å²) in [6, 6.07) is 1.72. The van der Waals surface area contributed by atoms with E-state index < -0.39 is 5.91 Å². The summed E-state index contributed by atoms with van der Waals surface area (Å²) in [6.45, 7) is 3.46. The molecule has 24 heavy (non-hydrogen) atoms. The Kier molecular flexibility index (Phi) is 5.47. The van der Waals surface area contributed by atoms with Crippen LogP contribution in [0.4, 0.5) is 0 Å². The van der Waals surface area contributed by atoms with Gasteiger partial charge in [-0.3, -0.25) is 19.6 Å². The Bertz CT molecular complexity index is 582. The van der Waals surface area contributed by atoms with E-state index >= 15 is 0 Å². The molecule has 0 aliphatic carbocycles. The van der Waals surface area contributed by atoms with Crippen molar-refractivity contribution in [2.24, 2.45) is 5.73 Å². The highest BCUT2D eigenvalue weighted by molar-refractivity contribution is 5.90. The van der Waals surface area contributed by atoms with Crippen LogP contribution in [0.3, 0.4) is 0 Å². The summed E-state index contributed by atoms with van der Waals surface area (Å²) in [7, 11) is 0. The summed E-state index contributed by atoms with van der Waals surface area (Å²) >= 11 is 0. The minimum atomic E-state index is -0.529. The number of nitrogens with one attached hydrogen (secondary N) is 2. The Balaban J connectivity index is 1.47. The van der Waals surface area contributed by atoms with Crippen LogP contribution in [0, 0.1) is 0 Å². The van der Waals surface area contributed by atoms with Gasteiger partial charge in [-0.05, 0) is 38.3 Å². The lowest BCUT2D eigenvalue weighted by molar-refractivity contribution is -0.123. The summed E-state index contributed by atoms with van der Waals surface area (Å²) in [5.74, 6) is -0.252. The van der Waals surface area contributed by atoms with Crippen LogP contribution < -0.4 is 11.1 Å². The smallest absolute Gasteiger partial charge is 0.269 e. The van der Waals surface area contributed by atoms with E-state index in [0.717, 1.165) is 51.1 Å². The van der Waals surface area contributed by atoms with Gasteiger partial charge in [-0.2, -0.15) is 5.10 Å². The number of carbonyl (C=O) groups excluding carboxylic acids is 2. The number of piperidine rings is 1. The van der Waals surface area contributed by atoms with Crippen molar-refractivity contribution in [2.75, 3.05) is 32.8 Å². The number of ether oxygens (including phenoxy) is 1. The molecule has 3 rings (SSSR count). The van der Waals surface area contributed by atoms with Gasteiger partial charge in [-0.15, -0.1) is 0 Å². The van der Waals surface area contributed by atoms with E-state index in [2.05, 4.69) is 20.4 Å². The van der Waals surface area contributed by atoms with Crippen molar-refractivity contribution in [1.82, 2.24) is 20.4 Å². The average Bonchev–Trinajstić information content (AvgIpc) is 3.25. The largest absolute Gasteiger partial charge is 0.376 e. The minimum absolute atomic E-state index is 0.0357. The third-order valence-corrected chi connectivity index (χ3v) is 4.71. The van der Waals surface area contributed by atoms with Crippen LogP contribution in [0.25, 0.3) is 0 Å². The Hall–Kier alpha value is -1.93. The number of aromatic amines is 1. The number of likely N-dealkylation sites (tertiary alicyclic amines) is 1. The van der Waals surface area contributed by atoms with Crippen LogP contribution in [-0.4, -0.2) is 65.8 Å². The molecule has 4 N–H and O–H groups in total. The molecule has 0 radical (unpaired) electrons. The van der Waals surface area contributed by atoms with Crippen LogP contribution in [-0.2, 0) is 9.53 Å². The molecule has 8 nitrogen and oxygen atoms in total.